The fourth-order valence-electron chi connectivity index (χ4n) is 2.45. The van der Waals surface area contributed by atoms with Crippen molar-refractivity contribution < 1.29 is 4.52 Å². The van der Waals surface area contributed by atoms with Crippen molar-refractivity contribution in [2.24, 2.45) is 0 Å². The molecule has 0 spiro atoms. The third-order valence-electron chi connectivity index (χ3n) is 3.89. The van der Waals surface area contributed by atoms with Crippen LogP contribution in [0.2, 0.25) is 5.02 Å². The van der Waals surface area contributed by atoms with Crippen molar-refractivity contribution in [1.82, 2.24) is 20.3 Å². The Morgan fingerprint density at radius 3 is 2.79 bits per heavy atom. The van der Waals surface area contributed by atoms with E-state index in [1.54, 1.807) is 12.1 Å². The molecule has 0 amide bonds. The average molecular weight is 430 g/mol. The van der Waals surface area contributed by atoms with Gasteiger partial charge in [-0.15, -0.1) is 10.2 Å². The number of benzene rings is 2. The van der Waals surface area contributed by atoms with E-state index >= 15 is 0 Å². The zero-order chi connectivity index (χ0) is 19.3. The zero-order valence-electron chi connectivity index (χ0n) is 14.9. The van der Waals surface area contributed by atoms with Crippen LogP contribution in [0.5, 0.6) is 0 Å². The Bertz CT molecular complexity index is 1060. The van der Waals surface area contributed by atoms with Crippen LogP contribution in [0.15, 0.2) is 57.4 Å². The van der Waals surface area contributed by atoms with Gasteiger partial charge in [0.05, 0.1) is 5.75 Å². The number of rotatable bonds is 7. The van der Waals surface area contributed by atoms with Gasteiger partial charge in [0, 0.05) is 16.3 Å². The number of aryl methyl sites for hydroxylation is 1. The van der Waals surface area contributed by atoms with Crippen molar-refractivity contribution in [1.29, 1.82) is 0 Å². The van der Waals surface area contributed by atoms with Crippen LogP contribution < -0.4 is 5.32 Å². The van der Waals surface area contributed by atoms with E-state index in [0.29, 0.717) is 22.5 Å². The molecule has 4 rings (SSSR count). The minimum absolute atomic E-state index is 0.521. The molecule has 0 aliphatic rings. The van der Waals surface area contributed by atoms with Crippen LogP contribution in [0.1, 0.15) is 18.4 Å². The number of hydrogen-bond acceptors (Lipinski definition) is 8. The number of aromatic nitrogens is 4. The topological polar surface area (TPSA) is 76.7 Å². The minimum atomic E-state index is 0.521. The SMILES string of the molecule is CCc1ccc(Nc2nnc(SCc3nc(-c4cccc(Cl)c4)no3)s2)cc1. The van der Waals surface area contributed by atoms with Crippen molar-refractivity contribution >= 4 is 45.5 Å². The van der Waals surface area contributed by atoms with Crippen molar-refractivity contribution in [3.8, 4) is 11.4 Å². The number of thioether (sulfide) groups is 1. The van der Waals surface area contributed by atoms with E-state index in [1.165, 1.54) is 28.7 Å². The molecule has 0 unspecified atom stereocenters. The smallest absolute Gasteiger partial charge is 0.237 e. The third kappa shape index (κ3) is 4.70. The summed E-state index contributed by atoms with van der Waals surface area (Å²) in [7, 11) is 0. The maximum Gasteiger partial charge on any atom is 0.237 e. The highest BCUT2D eigenvalue weighted by Gasteiger charge is 2.11. The molecule has 9 heteroatoms. The number of hydrogen-bond donors (Lipinski definition) is 1. The number of anilines is 2. The number of halogens is 1. The maximum absolute atomic E-state index is 6.01. The highest BCUT2D eigenvalue weighted by Crippen LogP contribution is 2.30. The monoisotopic (exact) mass is 429 g/mol. The fourth-order valence-corrected chi connectivity index (χ4v) is 4.25. The number of nitrogens with one attached hydrogen (secondary N) is 1. The van der Waals surface area contributed by atoms with Crippen molar-refractivity contribution in [3.63, 3.8) is 0 Å². The Hall–Kier alpha value is -2.42. The molecule has 2 aromatic carbocycles. The lowest BCUT2D eigenvalue weighted by molar-refractivity contribution is 0.391. The Morgan fingerprint density at radius 2 is 2.00 bits per heavy atom. The summed E-state index contributed by atoms with van der Waals surface area (Å²) in [5.41, 5.74) is 3.12. The predicted octanol–water partition coefficient (Wildman–Crippen LogP) is 5.84. The lowest BCUT2D eigenvalue weighted by Crippen LogP contribution is -1.89. The molecule has 0 bridgehead atoms. The Morgan fingerprint density at radius 1 is 1.14 bits per heavy atom. The van der Waals surface area contributed by atoms with Crippen molar-refractivity contribution in [3.05, 3.63) is 65.0 Å². The molecule has 0 atom stereocenters. The summed E-state index contributed by atoms with van der Waals surface area (Å²) in [4.78, 5) is 4.41. The molecular formula is C19H16ClN5OS2. The summed E-state index contributed by atoms with van der Waals surface area (Å²) in [5.74, 6) is 1.57. The summed E-state index contributed by atoms with van der Waals surface area (Å²) in [6, 6.07) is 15.7. The van der Waals surface area contributed by atoms with Crippen LogP contribution in [-0.4, -0.2) is 20.3 Å². The Kier molecular flexibility index (Phi) is 5.90. The lowest BCUT2D eigenvalue weighted by Gasteiger charge is -2.02. The molecule has 0 fully saturated rings. The molecule has 1 N–H and O–H groups in total. The van der Waals surface area contributed by atoms with Crippen molar-refractivity contribution in [2.45, 2.75) is 23.4 Å². The molecule has 142 valence electrons. The predicted molar refractivity (Wildman–Crippen MR) is 113 cm³/mol. The van der Waals surface area contributed by atoms with Gasteiger partial charge in [0.1, 0.15) is 0 Å². The van der Waals surface area contributed by atoms with Gasteiger partial charge in [-0.1, -0.05) is 71.0 Å². The van der Waals surface area contributed by atoms with Crippen LogP contribution in [0.4, 0.5) is 10.8 Å². The fraction of sp³-hybridized carbons (Fsp3) is 0.158. The van der Waals surface area contributed by atoms with E-state index in [2.05, 4.69) is 44.7 Å². The summed E-state index contributed by atoms with van der Waals surface area (Å²) in [5, 5.41) is 17.1. The first-order valence-corrected chi connectivity index (χ1v) is 10.8. The Labute approximate surface area is 175 Å². The molecule has 0 saturated carbocycles. The first-order chi connectivity index (χ1) is 13.7. The molecule has 2 heterocycles. The number of nitrogens with zero attached hydrogens (tertiary/aromatic N) is 4. The van der Waals surface area contributed by atoms with Gasteiger partial charge >= 0.3 is 0 Å². The van der Waals surface area contributed by atoms with Crippen LogP contribution >= 0.6 is 34.7 Å². The standard InChI is InChI=1S/C19H16ClN5OS2/c1-2-12-6-8-15(9-7-12)21-18-23-24-19(28-18)27-11-16-22-17(25-26-16)13-4-3-5-14(20)10-13/h3-10H,2,11H2,1H3,(H,21,23). The summed E-state index contributed by atoms with van der Waals surface area (Å²) < 4.78 is 6.15. The van der Waals surface area contributed by atoms with Gasteiger partial charge in [-0.05, 0) is 36.2 Å². The van der Waals surface area contributed by atoms with Crippen LogP contribution in [-0.2, 0) is 12.2 Å². The minimum Gasteiger partial charge on any atom is -0.338 e. The first-order valence-electron chi connectivity index (χ1n) is 8.60. The van der Waals surface area contributed by atoms with Crippen molar-refractivity contribution in [2.75, 3.05) is 5.32 Å². The van der Waals surface area contributed by atoms with Gasteiger partial charge in [0.2, 0.25) is 16.8 Å². The van der Waals surface area contributed by atoms with E-state index in [-0.39, 0.29) is 0 Å². The van der Waals surface area contributed by atoms with E-state index in [1.807, 2.05) is 24.3 Å². The van der Waals surface area contributed by atoms with Crippen LogP contribution in [0.3, 0.4) is 0 Å². The summed E-state index contributed by atoms with van der Waals surface area (Å²) in [6.07, 6.45) is 1.02. The molecule has 6 nitrogen and oxygen atoms in total. The Balaban J connectivity index is 1.35. The second-order valence-electron chi connectivity index (χ2n) is 5.86. The van der Waals surface area contributed by atoms with E-state index in [0.717, 1.165) is 27.1 Å². The van der Waals surface area contributed by atoms with Gasteiger partial charge in [-0.3, -0.25) is 0 Å². The average Bonchev–Trinajstić information content (AvgIpc) is 3.36. The highest BCUT2D eigenvalue weighted by molar-refractivity contribution is 8.00. The first kappa shape index (κ1) is 18.9. The third-order valence-corrected chi connectivity index (χ3v) is 6.08. The summed E-state index contributed by atoms with van der Waals surface area (Å²) in [6.45, 7) is 2.14. The molecular weight excluding hydrogens is 414 g/mol. The molecule has 0 saturated heterocycles. The second-order valence-corrected chi connectivity index (χ2v) is 8.50. The van der Waals surface area contributed by atoms with Gasteiger partial charge < -0.3 is 9.84 Å². The molecule has 0 radical (unpaired) electrons. The quantitative estimate of drug-likeness (QED) is 0.370. The summed E-state index contributed by atoms with van der Waals surface area (Å²) >= 11 is 9.00. The van der Waals surface area contributed by atoms with Gasteiger partial charge in [-0.25, -0.2) is 0 Å². The van der Waals surface area contributed by atoms with Gasteiger partial charge in [0.25, 0.3) is 0 Å². The van der Waals surface area contributed by atoms with Crippen LogP contribution in [0.25, 0.3) is 11.4 Å². The maximum atomic E-state index is 6.01. The molecule has 0 aliphatic carbocycles. The molecule has 0 aliphatic heterocycles. The zero-order valence-corrected chi connectivity index (χ0v) is 17.3. The normalized spacial score (nSPS) is 10.9. The lowest BCUT2D eigenvalue weighted by atomic mass is 10.1. The molecule has 28 heavy (non-hydrogen) atoms. The van der Waals surface area contributed by atoms with E-state index in [4.69, 9.17) is 16.1 Å². The highest BCUT2D eigenvalue weighted by atomic mass is 35.5. The van der Waals surface area contributed by atoms with Crippen LogP contribution in [0, 0.1) is 0 Å². The molecule has 2 aromatic heterocycles. The van der Waals surface area contributed by atoms with E-state index in [9.17, 15) is 0 Å². The second kappa shape index (κ2) is 8.72. The van der Waals surface area contributed by atoms with Gasteiger partial charge in [0.15, 0.2) is 4.34 Å². The van der Waals surface area contributed by atoms with Gasteiger partial charge in [-0.2, -0.15) is 4.98 Å². The van der Waals surface area contributed by atoms with E-state index < -0.39 is 0 Å². The largest absolute Gasteiger partial charge is 0.338 e. The molecule has 4 aromatic rings.